The SMILES string of the molecule is CN=C(C)/C(CCOc1c(-c2ccc(NC)c(C(=N)CN(C)C)c2)ccc(F)c1F)=C(/C)N. The van der Waals surface area contributed by atoms with Crippen molar-refractivity contribution in [2.45, 2.75) is 20.3 Å². The van der Waals surface area contributed by atoms with Gasteiger partial charge >= 0.3 is 0 Å². The van der Waals surface area contributed by atoms with Gasteiger partial charge in [0.1, 0.15) is 0 Å². The van der Waals surface area contributed by atoms with Gasteiger partial charge in [-0.3, -0.25) is 4.99 Å². The Morgan fingerprint density at radius 3 is 2.45 bits per heavy atom. The van der Waals surface area contributed by atoms with Gasteiger partial charge in [0.05, 0.1) is 12.3 Å². The van der Waals surface area contributed by atoms with Crippen LogP contribution in [-0.2, 0) is 0 Å². The molecule has 0 spiro atoms. The number of anilines is 1. The minimum atomic E-state index is -1.05. The molecule has 2 aromatic rings. The lowest BCUT2D eigenvalue weighted by Gasteiger charge is -2.18. The van der Waals surface area contributed by atoms with Gasteiger partial charge in [0, 0.05) is 55.3 Å². The smallest absolute Gasteiger partial charge is 0.201 e. The number of aliphatic imine (C=N–C) groups is 1. The number of rotatable bonds is 10. The summed E-state index contributed by atoms with van der Waals surface area (Å²) in [4.78, 5) is 6.05. The monoisotopic (exact) mass is 457 g/mol. The number of likely N-dealkylation sites (N-methyl/N-ethyl adjacent to an activating group) is 1. The van der Waals surface area contributed by atoms with Crippen LogP contribution in [0, 0.1) is 17.0 Å². The van der Waals surface area contributed by atoms with Crippen molar-refractivity contribution in [2.75, 3.05) is 46.7 Å². The van der Waals surface area contributed by atoms with E-state index in [9.17, 15) is 8.78 Å². The van der Waals surface area contributed by atoms with E-state index < -0.39 is 11.6 Å². The molecule has 2 rings (SSSR count). The Labute approximate surface area is 194 Å². The van der Waals surface area contributed by atoms with Crippen LogP contribution < -0.4 is 15.8 Å². The predicted octanol–water partition coefficient (Wildman–Crippen LogP) is 4.70. The van der Waals surface area contributed by atoms with E-state index in [4.69, 9.17) is 15.9 Å². The zero-order valence-electron chi connectivity index (χ0n) is 20.1. The van der Waals surface area contributed by atoms with Crippen LogP contribution in [0.2, 0.25) is 0 Å². The largest absolute Gasteiger partial charge is 0.489 e. The van der Waals surface area contributed by atoms with Crippen LogP contribution in [0.1, 0.15) is 25.8 Å². The van der Waals surface area contributed by atoms with Crippen molar-refractivity contribution >= 4 is 17.1 Å². The third kappa shape index (κ3) is 6.38. The van der Waals surface area contributed by atoms with E-state index in [0.29, 0.717) is 41.1 Å². The summed E-state index contributed by atoms with van der Waals surface area (Å²) in [7, 11) is 7.22. The van der Waals surface area contributed by atoms with Gasteiger partial charge in [0.15, 0.2) is 11.6 Å². The van der Waals surface area contributed by atoms with Crippen molar-refractivity contribution in [3.05, 3.63) is 58.8 Å². The van der Waals surface area contributed by atoms with Crippen molar-refractivity contribution in [1.82, 2.24) is 4.90 Å². The molecule has 0 aromatic heterocycles. The number of nitrogens with two attached hydrogens (primary N) is 1. The van der Waals surface area contributed by atoms with Gasteiger partial charge in [-0.05, 0) is 63.3 Å². The van der Waals surface area contributed by atoms with Gasteiger partial charge in [-0.25, -0.2) is 4.39 Å². The van der Waals surface area contributed by atoms with Gasteiger partial charge in [-0.1, -0.05) is 6.07 Å². The molecular formula is C25H33F2N5O. The number of allylic oxidation sites excluding steroid dienone is 1. The number of nitrogens with zero attached hydrogens (tertiary/aromatic N) is 2. The number of hydrogen-bond donors (Lipinski definition) is 3. The first-order valence-electron chi connectivity index (χ1n) is 10.6. The van der Waals surface area contributed by atoms with Gasteiger partial charge < -0.3 is 26.1 Å². The van der Waals surface area contributed by atoms with E-state index in [-0.39, 0.29) is 12.4 Å². The first-order valence-corrected chi connectivity index (χ1v) is 10.6. The second-order valence-corrected chi connectivity index (χ2v) is 8.03. The van der Waals surface area contributed by atoms with Crippen LogP contribution in [0.4, 0.5) is 14.5 Å². The predicted molar refractivity (Wildman–Crippen MR) is 133 cm³/mol. The Balaban J connectivity index is 2.45. The lowest BCUT2D eigenvalue weighted by Crippen LogP contribution is -2.22. The molecule has 178 valence electrons. The van der Waals surface area contributed by atoms with Crippen LogP contribution in [0.25, 0.3) is 11.1 Å². The number of nitrogens with one attached hydrogen (secondary N) is 2. The molecule has 0 bridgehead atoms. The van der Waals surface area contributed by atoms with Crippen molar-refractivity contribution in [1.29, 1.82) is 5.41 Å². The maximum absolute atomic E-state index is 14.8. The molecule has 0 radical (unpaired) electrons. The highest BCUT2D eigenvalue weighted by Crippen LogP contribution is 2.36. The molecule has 4 N–H and O–H groups in total. The Bertz CT molecular complexity index is 1070. The first-order chi connectivity index (χ1) is 15.6. The van der Waals surface area contributed by atoms with Gasteiger partial charge in [-0.2, -0.15) is 4.39 Å². The summed E-state index contributed by atoms with van der Waals surface area (Å²) in [6.07, 6.45) is 0.401. The molecule has 0 unspecified atom stereocenters. The quantitative estimate of drug-likeness (QED) is 0.452. The molecule has 6 nitrogen and oxygen atoms in total. The highest BCUT2D eigenvalue weighted by molar-refractivity contribution is 6.05. The Morgan fingerprint density at radius 2 is 1.88 bits per heavy atom. The second-order valence-electron chi connectivity index (χ2n) is 8.03. The summed E-state index contributed by atoms with van der Waals surface area (Å²) >= 11 is 0. The summed E-state index contributed by atoms with van der Waals surface area (Å²) in [5, 5.41) is 11.6. The summed E-state index contributed by atoms with van der Waals surface area (Å²) < 4.78 is 34.7. The Hall–Kier alpha value is -3.26. The summed E-state index contributed by atoms with van der Waals surface area (Å²) in [5.74, 6) is -2.21. The maximum Gasteiger partial charge on any atom is 0.201 e. The Kier molecular flexibility index (Phi) is 9.11. The maximum atomic E-state index is 14.8. The third-order valence-electron chi connectivity index (χ3n) is 5.30. The molecule has 0 aliphatic heterocycles. The molecule has 0 saturated heterocycles. The highest BCUT2D eigenvalue weighted by Gasteiger charge is 2.19. The van der Waals surface area contributed by atoms with Crippen LogP contribution in [0.15, 0.2) is 46.6 Å². The molecular weight excluding hydrogens is 424 g/mol. The number of hydrogen-bond acceptors (Lipinski definition) is 6. The highest BCUT2D eigenvalue weighted by atomic mass is 19.2. The van der Waals surface area contributed by atoms with Crippen LogP contribution in [0.3, 0.4) is 0 Å². The molecule has 0 amide bonds. The number of halogens is 2. The molecule has 0 aliphatic carbocycles. The second kappa shape index (κ2) is 11.6. The van der Waals surface area contributed by atoms with E-state index in [0.717, 1.165) is 23.0 Å². The summed E-state index contributed by atoms with van der Waals surface area (Å²) in [6, 6.07) is 7.98. The number of benzene rings is 2. The zero-order chi connectivity index (χ0) is 24.7. The first kappa shape index (κ1) is 26.0. The molecule has 33 heavy (non-hydrogen) atoms. The topological polar surface area (TPSA) is 86.7 Å². The van der Waals surface area contributed by atoms with Gasteiger partial charge in [-0.15, -0.1) is 0 Å². The van der Waals surface area contributed by atoms with Gasteiger partial charge in [0.2, 0.25) is 5.82 Å². The van der Waals surface area contributed by atoms with Gasteiger partial charge in [0.25, 0.3) is 0 Å². The molecule has 2 aromatic carbocycles. The molecule has 0 heterocycles. The minimum Gasteiger partial charge on any atom is -0.489 e. The zero-order valence-corrected chi connectivity index (χ0v) is 20.1. The van der Waals surface area contributed by atoms with Crippen molar-refractivity contribution in [3.63, 3.8) is 0 Å². The lowest BCUT2D eigenvalue weighted by molar-refractivity contribution is 0.301. The van der Waals surface area contributed by atoms with E-state index in [1.54, 1.807) is 33.2 Å². The molecule has 0 saturated carbocycles. The average molecular weight is 458 g/mol. The third-order valence-corrected chi connectivity index (χ3v) is 5.30. The van der Waals surface area contributed by atoms with E-state index >= 15 is 0 Å². The average Bonchev–Trinajstić information content (AvgIpc) is 2.77. The molecule has 0 atom stereocenters. The summed E-state index contributed by atoms with van der Waals surface area (Å²) in [5.41, 5.74) is 11.0. The van der Waals surface area contributed by atoms with E-state index in [2.05, 4.69) is 10.3 Å². The van der Waals surface area contributed by atoms with Crippen LogP contribution in [0.5, 0.6) is 5.75 Å². The van der Waals surface area contributed by atoms with E-state index in [1.165, 1.54) is 6.07 Å². The summed E-state index contributed by atoms with van der Waals surface area (Å²) in [6.45, 7) is 4.15. The standard InChI is InChI=1S/C25H33F2N5O/c1-15(28)18(16(2)30-3)11-12-33-25-19(8-9-21(26)24(25)27)17-7-10-23(31-4)20(13-17)22(29)14-32(5)6/h7-10,13,29,31H,11-12,14,28H2,1-6H3/b18-15-,29-22?,30-16?. The number of ether oxygens (including phenoxy) is 1. The Morgan fingerprint density at radius 1 is 1.18 bits per heavy atom. The van der Waals surface area contributed by atoms with Crippen molar-refractivity contribution in [2.24, 2.45) is 10.7 Å². The molecule has 0 fully saturated rings. The fourth-order valence-corrected chi connectivity index (χ4v) is 3.53. The molecule has 8 heteroatoms. The van der Waals surface area contributed by atoms with Crippen molar-refractivity contribution < 1.29 is 13.5 Å². The fraction of sp³-hybridized carbons (Fsp3) is 0.360. The van der Waals surface area contributed by atoms with E-state index in [1.807, 2.05) is 32.0 Å². The lowest BCUT2D eigenvalue weighted by atomic mass is 9.98. The van der Waals surface area contributed by atoms with Crippen LogP contribution in [-0.4, -0.2) is 57.7 Å². The van der Waals surface area contributed by atoms with Crippen LogP contribution >= 0.6 is 0 Å². The van der Waals surface area contributed by atoms with Crippen molar-refractivity contribution in [3.8, 4) is 16.9 Å². The molecule has 0 aliphatic rings. The fourth-order valence-electron chi connectivity index (χ4n) is 3.53. The minimum absolute atomic E-state index is 0.0992. The normalized spacial score (nSPS) is 12.6.